The summed E-state index contributed by atoms with van der Waals surface area (Å²) in [5.41, 5.74) is 4.66. The van der Waals surface area contributed by atoms with Gasteiger partial charge in [-0.2, -0.15) is 0 Å². The molecule has 0 saturated carbocycles. The largest absolute Gasteiger partial charge is 0.334 e. The van der Waals surface area contributed by atoms with Gasteiger partial charge in [-0.15, -0.1) is 0 Å². The first-order valence-electron chi connectivity index (χ1n) is 6.98. The Hall–Kier alpha value is -2.40. The molecule has 2 aliphatic heterocycles. The lowest BCUT2D eigenvalue weighted by atomic mass is 10.2. The molecule has 0 bridgehead atoms. The number of carbonyl (C=O) groups is 1. The fraction of sp³-hybridized carbons (Fsp3) is 0.188. The van der Waals surface area contributed by atoms with Gasteiger partial charge in [0.2, 0.25) is 0 Å². The van der Waals surface area contributed by atoms with Gasteiger partial charge in [-0.1, -0.05) is 11.6 Å². The molecule has 0 radical (unpaired) electrons. The van der Waals surface area contributed by atoms with Gasteiger partial charge in [0.1, 0.15) is 7.05 Å². The number of amides is 1. The molecular formula is C16H14ClN4O+. The van der Waals surface area contributed by atoms with Crippen LogP contribution in [0, 0.1) is 6.92 Å². The molecule has 2 aliphatic rings. The van der Waals surface area contributed by atoms with Crippen molar-refractivity contribution in [1.82, 2.24) is 14.9 Å². The van der Waals surface area contributed by atoms with Crippen molar-refractivity contribution in [2.45, 2.75) is 6.92 Å². The van der Waals surface area contributed by atoms with E-state index in [0.717, 1.165) is 27.7 Å². The van der Waals surface area contributed by atoms with E-state index in [2.05, 4.69) is 9.97 Å². The van der Waals surface area contributed by atoms with E-state index in [1.165, 1.54) is 0 Å². The third-order valence-corrected chi connectivity index (χ3v) is 4.42. The minimum absolute atomic E-state index is 0.134. The van der Waals surface area contributed by atoms with Crippen molar-refractivity contribution in [3.05, 3.63) is 52.1 Å². The second-order valence-corrected chi connectivity index (χ2v) is 6.03. The maximum atomic E-state index is 12.6. The standard InChI is InChI=1S/C16H13ClN4O/c1-9-12(17)3-4-13-14(9)19-15(18-13)16(22)21-7-10-5-20(2)6-11(10)8-21/h3-7H,8H2,1-2H3/p+1. The summed E-state index contributed by atoms with van der Waals surface area (Å²) >= 11 is 6.11. The van der Waals surface area contributed by atoms with Gasteiger partial charge in [-0.25, -0.2) is 9.56 Å². The zero-order chi connectivity index (χ0) is 15.4. The molecule has 0 aliphatic carbocycles. The monoisotopic (exact) mass is 313 g/mol. The number of hydrogen-bond acceptors (Lipinski definition) is 2. The van der Waals surface area contributed by atoms with Crippen LogP contribution in [0.25, 0.3) is 11.0 Å². The number of carbonyl (C=O) groups excluding carboxylic acids is 1. The zero-order valence-electron chi connectivity index (χ0n) is 12.2. The number of rotatable bonds is 1. The van der Waals surface area contributed by atoms with Gasteiger partial charge in [0, 0.05) is 11.2 Å². The molecule has 5 nitrogen and oxygen atoms in total. The topological polar surface area (TPSA) is 52.0 Å². The highest BCUT2D eigenvalue weighted by Crippen LogP contribution is 2.26. The SMILES string of the molecule is Cc1c(Cl)ccc2[nH]c(C(=O)N3C=C4C=[N+](C)C=C4C3)nc12. The van der Waals surface area contributed by atoms with Crippen LogP contribution in [0.15, 0.2) is 35.7 Å². The van der Waals surface area contributed by atoms with Gasteiger partial charge in [0.15, 0.2) is 18.2 Å². The van der Waals surface area contributed by atoms with Crippen molar-refractivity contribution in [1.29, 1.82) is 0 Å². The summed E-state index contributed by atoms with van der Waals surface area (Å²) in [6.45, 7) is 2.48. The predicted molar refractivity (Wildman–Crippen MR) is 85.3 cm³/mol. The number of aryl methyl sites for hydroxylation is 1. The quantitative estimate of drug-likeness (QED) is 0.822. The van der Waals surface area contributed by atoms with Crippen LogP contribution in [-0.4, -0.2) is 45.2 Å². The number of H-pyrrole nitrogens is 1. The van der Waals surface area contributed by atoms with Crippen LogP contribution >= 0.6 is 11.6 Å². The van der Waals surface area contributed by atoms with Gasteiger partial charge in [-0.3, -0.25) is 4.79 Å². The minimum atomic E-state index is -0.134. The van der Waals surface area contributed by atoms with Crippen molar-refractivity contribution in [2.75, 3.05) is 13.6 Å². The van der Waals surface area contributed by atoms with Crippen molar-refractivity contribution in [3.8, 4) is 0 Å². The average molecular weight is 314 g/mol. The average Bonchev–Trinajstić information content (AvgIpc) is 3.14. The van der Waals surface area contributed by atoms with Crippen molar-refractivity contribution < 1.29 is 9.37 Å². The Morgan fingerprint density at radius 1 is 1.45 bits per heavy atom. The Bertz CT molecular complexity index is 920. The molecule has 22 heavy (non-hydrogen) atoms. The number of halogens is 1. The second kappa shape index (κ2) is 4.55. The zero-order valence-corrected chi connectivity index (χ0v) is 13.0. The first-order valence-corrected chi connectivity index (χ1v) is 7.36. The summed E-state index contributed by atoms with van der Waals surface area (Å²) in [6.07, 6.45) is 5.90. The van der Waals surface area contributed by atoms with E-state index in [1.54, 1.807) is 4.90 Å². The Balaban J connectivity index is 1.70. The number of imidazole rings is 1. The molecular weight excluding hydrogens is 300 g/mol. The molecule has 4 rings (SSSR count). The van der Waals surface area contributed by atoms with Crippen LogP contribution in [0.5, 0.6) is 0 Å². The molecule has 1 amide bonds. The van der Waals surface area contributed by atoms with Crippen LogP contribution in [-0.2, 0) is 0 Å². The van der Waals surface area contributed by atoms with Gasteiger partial charge < -0.3 is 9.88 Å². The van der Waals surface area contributed by atoms with Crippen molar-refractivity contribution in [3.63, 3.8) is 0 Å². The van der Waals surface area contributed by atoms with Crippen LogP contribution < -0.4 is 0 Å². The molecule has 3 heterocycles. The van der Waals surface area contributed by atoms with Crippen molar-refractivity contribution in [2.24, 2.45) is 0 Å². The first kappa shape index (κ1) is 13.3. The van der Waals surface area contributed by atoms with E-state index < -0.39 is 0 Å². The van der Waals surface area contributed by atoms with Gasteiger partial charge in [-0.05, 0) is 24.6 Å². The normalized spacial score (nSPS) is 16.7. The fourth-order valence-corrected chi connectivity index (χ4v) is 3.01. The van der Waals surface area contributed by atoms with E-state index in [1.807, 2.05) is 49.3 Å². The molecule has 0 spiro atoms. The highest BCUT2D eigenvalue weighted by molar-refractivity contribution is 6.32. The summed E-state index contributed by atoms with van der Waals surface area (Å²) in [5.74, 6) is 0.205. The smallest absolute Gasteiger partial charge is 0.293 e. The van der Waals surface area contributed by atoms with Crippen LogP contribution in [0.1, 0.15) is 16.2 Å². The van der Waals surface area contributed by atoms with E-state index >= 15 is 0 Å². The van der Waals surface area contributed by atoms with Crippen LogP contribution in [0.3, 0.4) is 0 Å². The number of fused-ring (bicyclic) bond motifs is 2. The lowest BCUT2D eigenvalue weighted by molar-refractivity contribution is -0.413. The molecule has 0 unspecified atom stereocenters. The van der Waals surface area contributed by atoms with Crippen LogP contribution in [0.4, 0.5) is 0 Å². The molecule has 110 valence electrons. The summed E-state index contributed by atoms with van der Waals surface area (Å²) in [4.78, 5) is 21.8. The Kier molecular flexibility index (Phi) is 2.74. The highest BCUT2D eigenvalue weighted by Gasteiger charge is 2.30. The Morgan fingerprint density at radius 3 is 3.05 bits per heavy atom. The van der Waals surface area contributed by atoms with E-state index in [0.29, 0.717) is 17.4 Å². The molecule has 1 aromatic carbocycles. The molecule has 0 saturated heterocycles. The molecule has 0 fully saturated rings. The molecule has 1 aromatic heterocycles. The number of aromatic amines is 1. The summed E-state index contributed by atoms with van der Waals surface area (Å²) in [7, 11) is 1.98. The third-order valence-electron chi connectivity index (χ3n) is 4.01. The molecule has 0 atom stereocenters. The summed E-state index contributed by atoms with van der Waals surface area (Å²) in [5, 5.41) is 0.651. The van der Waals surface area contributed by atoms with Gasteiger partial charge in [0.25, 0.3) is 5.91 Å². The Morgan fingerprint density at radius 2 is 2.27 bits per heavy atom. The lowest BCUT2D eigenvalue weighted by Crippen LogP contribution is -2.25. The minimum Gasteiger partial charge on any atom is -0.334 e. The van der Waals surface area contributed by atoms with Crippen molar-refractivity contribution >= 4 is 34.8 Å². The number of nitrogens with one attached hydrogen (secondary N) is 1. The maximum absolute atomic E-state index is 12.6. The number of hydrogen-bond donors (Lipinski definition) is 1. The van der Waals surface area contributed by atoms with Gasteiger partial charge >= 0.3 is 0 Å². The number of benzene rings is 1. The molecule has 6 heteroatoms. The maximum Gasteiger partial charge on any atom is 0.293 e. The first-order chi connectivity index (χ1) is 10.5. The Labute approximate surface area is 132 Å². The molecule has 1 N–H and O–H groups in total. The van der Waals surface area contributed by atoms with Gasteiger partial charge in [0.05, 0.1) is 28.7 Å². The number of nitrogens with zero attached hydrogens (tertiary/aromatic N) is 3. The summed E-state index contributed by atoms with van der Waals surface area (Å²) in [6, 6.07) is 3.65. The fourth-order valence-electron chi connectivity index (χ4n) is 2.86. The predicted octanol–water partition coefficient (Wildman–Crippen LogP) is 2.48. The second-order valence-electron chi connectivity index (χ2n) is 5.62. The van der Waals surface area contributed by atoms with Crippen LogP contribution in [0.2, 0.25) is 5.02 Å². The number of aromatic nitrogens is 2. The third kappa shape index (κ3) is 1.89. The lowest BCUT2D eigenvalue weighted by Gasteiger charge is -2.10. The molecule has 2 aromatic rings. The highest BCUT2D eigenvalue weighted by atomic mass is 35.5. The van der Waals surface area contributed by atoms with E-state index in [9.17, 15) is 4.79 Å². The summed E-state index contributed by atoms with van der Waals surface area (Å²) < 4.78 is 2.00. The van der Waals surface area contributed by atoms with E-state index in [4.69, 9.17) is 11.6 Å². The van der Waals surface area contributed by atoms with E-state index in [-0.39, 0.29) is 5.91 Å².